The summed E-state index contributed by atoms with van der Waals surface area (Å²) in [4.78, 5) is 24.3. The molecule has 1 aliphatic rings. The highest BCUT2D eigenvalue weighted by Crippen LogP contribution is 2.28. The van der Waals surface area contributed by atoms with E-state index in [-0.39, 0.29) is 0 Å². The molecule has 2 aromatic rings. The number of halogens is 1. The Morgan fingerprint density at radius 1 is 0.913 bits per heavy atom. The summed E-state index contributed by atoms with van der Waals surface area (Å²) in [7, 11) is 7.62. The van der Waals surface area contributed by atoms with Crippen LogP contribution in [0.2, 0.25) is 5.15 Å². The van der Waals surface area contributed by atoms with E-state index < -0.39 is 0 Å². The standard InChI is InChI=1S/C14H21ClN8/c1-21(2)12-9-11(18-13(22(3)4)10(15)17-9)19-14(20-12)23-7-5-16-6-8-23/h16H,5-8H2,1-4H3. The molecule has 0 aliphatic carbocycles. The van der Waals surface area contributed by atoms with Crippen LogP contribution in [0.25, 0.3) is 11.2 Å². The normalized spacial score (nSPS) is 15.1. The Kier molecular flexibility index (Phi) is 4.36. The summed E-state index contributed by atoms with van der Waals surface area (Å²) in [5.41, 5.74) is 1.18. The van der Waals surface area contributed by atoms with E-state index in [0.717, 1.165) is 32.0 Å². The third-order valence-corrected chi connectivity index (χ3v) is 3.94. The number of hydrogen-bond acceptors (Lipinski definition) is 8. The van der Waals surface area contributed by atoms with E-state index in [9.17, 15) is 0 Å². The molecule has 0 radical (unpaired) electrons. The summed E-state index contributed by atoms with van der Waals surface area (Å²) in [6, 6.07) is 0. The van der Waals surface area contributed by atoms with Crippen molar-refractivity contribution in [3.05, 3.63) is 5.15 Å². The van der Waals surface area contributed by atoms with Gasteiger partial charge in [-0.1, -0.05) is 11.6 Å². The molecule has 0 aromatic carbocycles. The predicted octanol–water partition coefficient (Wildman–Crippen LogP) is 0.615. The zero-order chi connectivity index (χ0) is 16.6. The van der Waals surface area contributed by atoms with Gasteiger partial charge in [-0.05, 0) is 0 Å². The number of nitrogens with one attached hydrogen (secondary N) is 1. The first-order valence-electron chi connectivity index (χ1n) is 7.53. The SMILES string of the molecule is CN(C)c1nc2nc(N3CCNCC3)nc(N(C)C)c2nc1Cl. The number of hydrogen-bond donors (Lipinski definition) is 1. The van der Waals surface area contributed by atoms with Crippen LogP contribution >= 0.6 is 11.6 Å². The van der Waals surface area contributed by atoms with Gasteiger partial charge in [-0.3, -0.25) is 0 Å². The molecule has 1 aliphatic heterocycles. The third kappa shape index (κ3) is 3.09. The maximum Gasteiger partial charge on any atom is 0.229 e. The molecular weight excluding hydrogens is 316 g/mol. The molecule has 23 heavy (non-hydrogen) atoms. The Bertz CT molecular complexity index is 711. The highest BCUT2D eigenvalue weighted by Gasteiger charge is 2.20. The largest absolute Gasteiger partial charge is 0.361 e. The predicted molar refractivity (Wildman–Crippen MR) is 93.9 cm³/mol. The van der Waals surface area contributed by atoms with E-state index in [1.54, 1.807) is 0 Å². The first-order chi connectivity index (χ1) is 11.0. The molecule has 0 amide bonds. The topological polar surface area (TPSA) is 73.3 Å². The summed E-state index contributed by atoms with van der Waals surface area (Å²) < 4.78 is 0. The van der Waals surface area contributed by atoms with Crippen molar-refractivity contribution < 1.29 is 0 Å². The van der Waals surface area contributed by atoms with Crippen LogP contribution in [0.4, 0.5) is 17.6 Å². The van der Waals surface area contributed by atoms with E-state index in [0.29, 0.717) is 28.1 Å². The molecule has 2 aromatic heterocycles. The van der Waals surface area contributed by atoms with Crippen LogP contribution in [0, 0.1) is 0 Å². The van der Waals surface area contributed by atoms with Gasteiger partial charge < -0.3 is 20.0 Å². The van der Waals surface area contributed by atoms with Gasteiger partial charge in [0.15, 0.2) is 28.0 Å². The summed E-state index contributed by atoms with van der Waals surface area (Å²) in [5, 5.41) is 3.68. The average Bonchev–Trinajstić information content (AvgIpc) is 2.53. The smallest absolute Gasteiger partial charge is 0.229 e. The molecular formula is C14H21ClN8. The zero-order valence-corrected chi connectivity index (χ0v) is 14.6. The Labute approximate surface area is 140 Å². The second kappa shape index (κ2) is 6.29. The lowest BCUT2D eigenvalue weighted by Gasteiger charge is -2.28. The fraction of sp³-hybridized carbons (Fsp3) is 0.571. The number of fused-ring (bicyclic) bond motifs is 1. The van der Waals surface area contributed by atoms with Gasteiger partial charge in [0.05, 0.1) is 0 Å². The number of anilines is 3. The lowest BCUT2D eigenvalue weighted by molar-refractivity contribution is 0.580. The lowest BCUT2D eigenvalue weighted by atomic mass is 10.3. The fourth-order valence-corrected chi connectivity index (χ4v) is 2.79. The molecule has 1 saturated heterocycles. The molecule has 1 N–H and O–H groups in total. The summed E-state index contributed by atoms with van der Waals surface area (Å²) in [5.74, 6) is 2.01. The quantitative estimate of drug-likeness (QED) is 0.874. The van der Waals surface area contributed by atoms with Gasteiger partial charge in [-0.15, -0.1) is 0 Å². The second-order valence-electron chi connectivity index (χ2n) is 5.88. The van der Waals surface area contributed by atoms with Gasteiger partial charge >= 0.3 is 0 Å². The molecule has 9 heteroatoms. The van der Waals surface area contributed by atoms with Gasteiger partial charge in [0.25, 0.3) is 0 Å². The maximum atomic E-state index is 6.26. The average molecular weight is 337 g/mol. The highest BCUT2D eigenvalue weighted by molar-refractivity contribution is 6.32. The van der Waals surface area contributed by atoms with Crippen molar-refractivity contribution in [1.29, 1.82) is 0 Å². The summed E-state index contributed by atoms with van der Waals surface area (Å²) >= 11 is 6.26. The van der Waals surface area contributed by atoms with Gasteiger partial charge in [0.2, 0.25) is 5.95 Å². The van der Waals surface area contributed by atoms with Crippen LogP contribution in [0.5, 0.6) is 0 Å². The first-order valence-corrected chi connectivity index (χ1v) is 7.91. The van der Waals surface area contributed by atoms with Crippen molar-refractivity contribution in [2.75, 3.05) is 69.1 Å². The Morgan fingerprint density at radius 3 is 2.17 bits per heavy atom. The molecule has 0 saturated carbocycles. The van der Waals surface area contributed by atoms with Gasteiger partial charge in [0, 0.05) is 54.4 Å². The van der Waals surface area contributed by atoms with Crippen molar-refractivity contribution in [3.63, 3.8) is 0 Å². The lowest BCUT2D eigenvalue weighted by Crippen LogP contribution is -2.44. The molecule has 1 fully saturated rings. The van der Waals surface area contributed by atoms with Crippen LogP contribution in [0.1, 0.15) is 0 Å². The molecule has 0 spiro atoms. The summed E-state index contributed by atoms with van der Waals surface area (Å²) in [6.45, 7) is 3.60. The third-order valence-electron chi connectivity index (χ3n) is 3.69. The fourth-order valence-electron chi connectivity index (χ4n) is 2.50. The zero-order valence-electron chi connectivity index (χ0n) is 13.8. The Morgan fingerprint density at radius 2 is 1.57 bits per heavy atom. The van der Waals surface area contributed by atoms with Gasteiger partial charge in [0.1, 0.15) is 0 Å². The number of piperazine rings is 1. The highest BCUT2D eigenvalue weighted by atomic mass is 35.5. The van der Waals surface area contributed by atoms with E-state index in [1.807, 2.05) is 38.0 Å². The van der Waals surface area contributed by atoms with Crippen molar-refractivity contribution in [2.45, 2.75) is 0 Å². The minimum Gasteiger partial charge on any atom is -0.361 e. The van der Waals surface area contributed by atoms with Gasteiger partial charge in [-0.25, -0.2) is 9.97 Å². The van der Waals surface area contributed by atoms with Crippen LogP contribution < -0.4 is 20.0 Å². The van der Waals surface area contributed by atoms with Crippen molar-refractivity contribution >= 4 is 40.3 Å². The molecule has 0 bridgehead atoms. The van der Waals surface area contributed by atoms with E-state index in [2.05, 4.69) is 30.2 Å². The van der Waals surface area contributed by atoms with Crippen LogP contribution in [0.3, 0.4) is 0 Å². The van der Waals surface area contributed by atoms with Crippen molar-refractivity contribution in [2.24, 2.45) is 0 Å². The summed E-state index contributed by atoms with van der Waals surface area (Å²) in [6.07, 6.45) is 0. The van der Waals surface area contributed by atoms with Crippen molar-refractivity contribution in [3.8, 4) is 0 Å². The molecule has 0 unspecified atom stereocenters. The molecule has 3 heterocycles. The van der Waals surface area contributed by atoms with Crippen LogP contribution in [-0.2, 0) is 0 Å². The minimum absolute atomic E-state index is 0.351. The maximum absolute atomic E-state index is 6.26. The van der Waals surface area contributed by atoms with E-state index >= 15 is 0 Å². The molecule has 124 valence electrons. The van der Waals surface area contributed by atoms with Crippen LogP contribution in [-0.4, -0.2) is 74.3 Å². The number of rotatable bonds is 3. The van der Waals surface area contributed by atoms with Gasteiger partial charge in [-0.2, -0.15) is 9.97 Å². The van der Waals surface area contributed by atoms with E-state index in [4.69, 9.17) is 11.6 Å². The molecule has 8 nitrogen and oxygen atoms in total. The second-order valence-corrected chi connectivity index (χ2v) is 6.24. The van der Waals surface area contributed by atoms with E-state index in [1.165, 1.54) is 0 Å². The molecule has 3 rings (SSSR count). The van der Waals surface area contributed by atoms with Crippen LogP contribution in [0.15, 0.2) is 0 Å². The Balaban J connectivity index is 2.17. The minimum atomic E-state index is 0.351. The monoisotopic (exact) mass is 336 g/mol. The number of nitrogens with zero attached hydrogens (tertiary/aromatic N) is 7. The Hall–Kier alpha value is -1.93. The number of aromatic nitrogens is 4. The first kappa shape index (κ1) is 15.9. The van der Waals surface area contributed by atoms with Crippen molar-refractivity contribution in [1.82, 2.24) is 25.3 Å². The molecule has 0 atom stereocenters.